The van der Waals surface area contributed by atoms with Gasteiger partial charge in [0.05, 0.1) is 16.9 Å². The Balaban J connectivity index is 1.59. The molecule has 0 aliphatic heterocycles. The van der Waals surface area contributed by atoms with Gasteiger partial charge in [0.1, 0.15) is 0 Å². The molecule has 2 heterocycles. The quantitative estimate of drug-likeness (QED) is 0.544. The Labute approximate surface area is 174 Å². The highest BCUT2D eigenvalue weighted by atomic mass is 16.5. The van der Waals surface area contributed by atoms with E-state index >= 15 is 0 Å². The van der Waals surface area contributed by atoms with Gasteiger partial charge >= 0.3 is 0 Å². The van der Waals surface area contributed by atoms with Crippen molar-refractivity contribution >= 4 is 5.91 Å². The van der Waals surface area contributed by atoms with Gasteiger partial charge < -0.3 is 9.84 Å². The van der Waals surface area contributed by atoms with E-state index in [1.807, 2.05) is 63.2 Å². The number of aryl methyl sites for hydroxylation is 4. The maximum Gasteiger partial charge on any atom is 0.255 e. The van der Waals surface area contributed by atoms with Crippen LogP contribution in [0.5, 0.6) is 0 Å². The van der Waals surface area contributed by atoms with Crippen molar-refractivity contribution in [3.8, 4) is 17.1 Å². The summed E-state index contributed by atoms with van der Waals surface area (Å²) in [6, 6.07) is 13.9. The van der Waals surface area contributed by atoms with Gasteiger partial charge in [-0.1, -0.05) is 41.6 Å². The smallest absolute Gasteiger partial charge is 0.255 e. The highest BCUT2D eigenvalue weighted by Crippen LogP contribution is 2.23. The van der Waals surface area contributed by atoms with Crippen LogP contribution in [0.4, 0.5) is 0 Å². The topological polar surface area (TPSA) is 85.8 Å². The van der Waals surface area contributed by atoms with Crippen LogP contribution in [0, 0.1) is 27.7 Å². The van der Waals surface area contributed by atoms with Gasteiger partial charge in [-0.2, -0.15) is 10.1 Å². The van der Waals surface area contributed by atoms with Crippen molar-refractivity contribution in [3.05, 3.63) is 82.5 Å². The molecular weight excluding hydrogens is 378 g/mol. The summed E-state index contributed by atoms with van der Waals surface area (Å²) < 4.78 is 6.81. The standard InChI is InChI=1S/C23H23N5O2/c1-14-7-5-6-8-19(14)12-24-23(29)20-13-28(26-16(20)3)21-11-18(10-9-15(21)2)22-25-17(4)30-27-22/h5-11,13H,12H2,1-4H3,(H,24,29). The molecule has 7 heteroatoms. The SMILES string of the molecule is Cc1nc(-c2ccc(C)c(-n3cc(C(=O)NCc4ccccc4C)c(C)n3)c2)no1. The molecule has 152 valence electrons. The molecule has 1 N–H and O–H groups in total. The van der Waals surface area contributed by atoms with Gasteiger partial charge in [-0.25, -0.2) is 4.68 Å². The second kappa shape index (κ2) is 7.94. The number of hydrogen-bond donors (Lipinski definition) is 1. The molecule has 0 atom stereocenters. The van der Waals surface area contributed by atoms with Gasteiger partial charge in [0, 0.05) is 25.2 Å². The zero-order valence-corrected chi connectivity index (χ0v) is 17.4. The fourth-order valence-corrected chi connectivity index (χ4v) is 3.30. The van der Waals surface area contributed by atoms with Crippen molar-refractivity contribution < 1.29 is 9.32 Å². The fourth-order valence-electron chi connectivity index (χ4n) is 3.30. The summed E-state index contributed by atoms with van der Waals surface area (Å²) in [6.45, 7) is 8.09. The van der Waals surface area contributed by atoms with E-state index in [0.717, 1.165) is 27.9 Å². The molecule has 0 radical (unpaired) electrons. The first-order valence-electron chi connectivity index (χ1n) is 9.73. The monoisotopic (exact) mass is 401 g/mol. The van der Waals surface area contributed by atoms with E-state index in [4.69, 9.17) is 4.52 Å². The van der Waals surface area contributed by atoms with Gasteiger partial charge in [-0.15, -0.1) is 0 Å². The van der Waals surface area contributed by atoms with Gasteiger partial charge in [0.15, 0.2) is 0 Å². The van der Waals surface area contributed by atoms with Crippen LogP contribution >= 0.6 is 0 Å². The Morgan fingerprint density at radius 3 is 2.60 bits per heavy atom. The lowest BCUT2D eigenvalue weighted by atomic mass is 10.1. The van der Waals surface area contributed by atoms with Crippen LogP contribution < -0.4 is 5.32 Å². The first-order chi connectivity index (χ1) is 14.4. The molecular formula is C23H23N5O2. The third-order valence-electron chi connectivity index (χ3n) is 5.09. The summed E-state index contributed by atoms with van der Waals surface area (Å²) in [5.41, 5.74) is 6.15. The van der Waals surface area contributed by atoms with Crippen molar-refractivity contribution in [1.82, 2.24) is 25.2 Å². The van der Waals surface area contributed by atoms with E-state index in [0.29, 0.717) is 29.5 Å². The number of benzene rings is 2. The Morgan fingerprint density at radius 2 is 1.87 bits per heavy atom. The minimum absolute atomic E-state index is 0.149. The van der Waals surface area contributed by atoms with Gasteiger partial charge in [-0.3, -0.25) is 4.79 Å². The minimum atomic E-state index is -0.149. The largest absolute Gasteiger partial charge is 0.348 e. The lowest BCUT2D eigenvalue weighted by Gasteiger charge is -2.08. The van der Waals surface area contributed by atoms with Crippen LogP contribution in [0.1, 0.15) is 38.6 Å². The maximum absolute atomic E-state index is 12.8. The molecule has 0 unspecified atom stereocenters. The predicted molar refractivity (Wildman–Crippen MR) is 113 cm³/mol. The molecule has 0 spiro atoms. The number of nitrogens with zero attached hydrogens (tertiary/aromatic N) is 4. The van der Waals surface area contributed by atoms with Crippen molar-refractivity contribution in [2.75, 3.05) is 0 Å². The number of aromatic nitrogens is 4. The number of amides is 1. The molecule has 0 aliphatic carbocycles. The second-order valence-electron chi connectivity index (χ2n) is 7.32. The molecule has 30 heavy (non-hydrogen) atoms. The Morgan fingerprint density at radius 1 is 1.07 bits per heavy atom. The third kappa shape index (κ3) is 3.87. The van der Waals surface area contributed by atoms with Crippen molar-refractivity contribution in [1.29, 1.82) is 0 Å². The van der Waals surface area contributed by atoms with E-state index in [1.54, 1.807) is 17.8 Å². The first-order valence-corrected chi connectivity index (χ1v) is 9.73. The van der Waals surface area contributed by atoms with Crippen LogP contribution in [0.2, 0.25) is 0 Å². The van der Waals surface area contributed by atoms with Gasteiger partial charge in [0.25, 0.3) is 5.91 Å². The summed E-state index contributed by atoms with van der Waals surface area (Å²) >= 11 is 0. The third-order valence-corrected chi connectivity index (χ3v) is 5.09. The normalized spacial score (nSPS) is 10.9. The number of rotatable bonds is 5. The molecule has 0 bridgehead atoms. The molecule has 0 fully saturated rings. The van der Waals surface area contributed by atoms with Crippen molar-refractivity contribution in [3.63, 3.8) is 0 Å². The highest BCUT2D eigenvalue weighted by molar-refractivity contribution is 5.95. The summed E-state index contributed by atoms with van der Waals surface area (Å²) in [6.07, 6.45) is 1.76. The summed E-state index contributed by atoms with van der Waals surface area (Å²) in [4.78, 5) is 17.1. The molecule has 2 aromatic carbocycles. The van der Waals surface area contributed by atoms with Crippen molar-refractivity contribution in [2.45, 2.75) is 34.2 Å². The Kier molecular flexibility index (Phi) is 5.18. The van der Waals surface area contributed by atoms with E-state index in [1.165, 1.54) is 0 Å². The Bertz CT molecular complexity index is 1220. The number of carbonyl (C=O) groups excluding carboxylic acids is 1. The summed E-state index contributed by atoms with van der Waals surface area (Å²) in [5.74, 6) is 0.882. The first kappa shape index (κ1) is 19.6. The van der Waals surface area contributed by atoms with E-state index in [-0.39, 0.29) is 5.91 Å². The Hall–Kier alpha value is -3.74. The van der Waals surface area contributed by atoms with Crippen molar-refractivity contribution in [2.24, 2.45) is 0 Å². The molecule has 0 aliphatic rings. The van der Waals surface area contributed by atoms with E-state index in [2.05, 4.69) is 20.6 Å². The lowest BCUT2D eigenvalue weighted by molar-refractivity contribution is 0.0950. The predicted octanol–water partition coefficient (Wildman–Crippen LogP) is 4.09. The lowest BCUT2D eigenvalue weighted by Crippen LogP contribution is -2.23. The van der Waals surface area contributed by atoms with E-state index in [9.17, 15) is 4.79 Å². The van der Waals surface area contributed by atoms with Gasteiger partial charge in [-0.05, 0) is 43.5 Å². The van der Waals surface area contributed by atoms with Crippen LogP contribution in [0.15, 0.2) is 53.2 Å². The number of hydrogen-bond acceptors (Lipinski definition) is 5. The summed E-state index contributed by atoms with van der Waals surface area (Å²) in [5, 5.41) is 11.5. The molecule has 0 saturated carbocycles. The zero-order chi connectivity index (χ0) is 21.3. The summed E-state index contributed by atoms with van der Waals surface area (Å²) in [7, 11) is 0. The van der Waals surface area contributed by atoms with E-state index < -0.39 is 0 Å². The molecule has 4 aromatic rings. The zero-order valence-electron chi connectivity index (χ0n) is 17.4. The van der Waals surface area contributed by atoms with Crippen LogP contribution in [-0.2, 0) is 6.54 Å². The fraction of sp³-hybridized carbons (Fsp3) is 0.217. The van der Waals surface area contributed by atoms with Crippen LogP contribution in [0.3, 0.4) is 0 Å². The number of carbonyl (C=O) groups is 1. The molecule has 4 rings (SSSR count). The minimum Gasteiger partial charge on any atom is -0.348 e. The molecule has 2 aromatic heterocycles. The van der Waals surface area contributed by atoms with Crippen LogP contribution in [0.25, 0.3) is 17.1 Å². The molecule has 1 amide bonds. The second-order valence-corrected chi connectivity index (χ2v) is 7.32. The molecule has 0 saturated heterocycles. The molecule has 7 nitrogen and oxygen atoms in total. The van der Waals surface area contributed by atoms with Crippen LogP contribution in [-0.4, -0.2) is 25.8 Å². The average molecular weight is 401 g/mol. The average Bonchev–Trinajstić information content (AvgIpc) is 3.33. The van der Waals surface area contributed by atoms with Gasteiger partial charge in [0.2, 0.25) is 11.7 Å². The maximum atomic E-state index is 12.8. The highest BCUT2D eigenvalue weighted by Gasteiger charge is 2.16. The number of nitrogens with one attached hydrogen (secondary N) is 1.